The second-order valence-corrected chi connectivity index (χ2v) is 10.7. The summed E-state index contributed by atoms with van der Waals surface area (Å²) in [6, 6.07) is 28.9. The lowest BCUT2D eigenvalue weighted by Crippen LogP contribution is -2.34. The highest BCUT2D eigenvalue weighted by atomic mass is 28.3. The summed E-state index contributed by atoms with van der Waals surface area (Å²) in [4.78, 5) is 0. The van der Waals surface area contributed by atoms with E-state index >= 15 is 0 Å². The van der Waals surface area contributed by atoms with Gasteiger partial charge in [0.05, 0.1) is 12.5 Å². The van der Waals surface area contributed by atoms with E-state index in [0.717, 1.165) is 11.1 Å². The molecule has 30 heavy (non-hydrogen) atoms. The van der Waals surface area contributed by atoms with Crippen LogP contribution in [0.4, 0.5) is 0 Å². The zero-order valence-electron chi connectivity index (χ0n) is 17.3. The average Bonchev–Trinajstić information content (AvgIpc) is 2.81. The van der Waals surface area contributed by atoms with Crippen molar-refractivity contribution in [2.75, 3.05) is 26.7 Å². The van der Waals surface area contributed by atoms with Crippen LogP contribution in [0.25, 0.3) is 0 Å². The number of rotatable bonds is 6. The van der Waals surface area contributed by atoms with Gasteiger partial charge in [-0.15, -0.1) is 11.1 Å². The van der Waals surface area contributed by atoms with Crippen molar-refractivity contribution < 1.29 is 9.47 Å². The lowest BCUT2D eigenvalue weighted by molar-refractivity contribution is 0.251. The van der Waals surface area contributed by atoms with E-state index in [1.54, 1.807) is 14.2 Å². The molecule has 0 aliphatic carbocycles. The number of ether oxygens (including phenoxy) is 2. The Bertz CT molecular complexity index is 958. The van der Waals surface area contributed by atoms with Gasteiger partial charge in [0.25, 0.3) is 0 Å². The van der Waals surface area contributed by atoms with E-state index in [0.29, 0.717) is 12.5 Å². The van der Waals surface area contributed by atoms with Crippen molar-refractivity contribution in [3.8, 4) is 22.9 Å². The zero-order valence-corrected chi connectivity index (χ0v) is 19.3. The summed E-state index contributed by atoms with van der Waals surface area (Å²) in [5.41, 5.74) is 8.89. The third-order valence-electron chi connectivity index (χ3n) is 4.45. The highest BCUT2D eigenvalue weighted by Gasteiger charge is 2.12. The van der Waals surface area contributed by atoms with Crippen LogP contribution < -0.4 is 10.4 Å². The van der Waals surface area contributed by atoms with Gasteiger partial charge in [0.2, 0.25) is 17.6 Å². The molecule has 0 spiro atoms. The number of hydrogen-bond acceptors (Lipinski definition) is 2. The highest BCUT2D eigenvalue weighted by Crippen LogP contribution is 2.06. The largest absolute Gasteiger partial charge is 0.387 e. The number of benzene rings is 3. The summed E-state index contributed by atoms with van der Waals surface area (Å²) in [5, 5.41) is 2.52. The summed E-state index contributed by atoms with van der Waals surface area (Å²) in [5.74, 6) is 6.77. The first-order chi connectivity index (χ1) is 14.8. The highest BCUT2D eigenvalue weighted by molar-refractivity contribution is 6.81. The van der Waals surface area contributed by atoms with Gasteiger partial charge >= 0.3 is 0 Å². The smallest absolute Gasteiger partial charge is 0.207 e. The number of hydrogen-bond donors (Lipinski definition) is 0. The fraction of sp³-hybridized carbons (Fsp3) is 0.154. The van der Waals surface area contributed by atoms with Gasteiger partial charge < -0.3 is 9.47 Å². The van der Waals surface area contributed by atoms with Crippen molar-refractivity contribution in [3.05, 3.63) is 96.1 Å². The minimum absolute atomic E-state index is 0.657. The van der Waals surface area contributed by atoms with Crippen molar-refractivity contribution >= 4 is 28.0 Å². The fourth-order valence-corrected chi connectivity index (χ4v) is 6.04. The van der Waals surface area contributed by atoms with Crippen molar-refractivity contribution in [2.24, 2.45) is 0 Å². The topological polar surface area (TPSA) is 18.5 Å². The average molecular weight is 425 g/mol. The Hall–Kier alpha value is -2.87. The molecule has 0 heterocycles. The molecular weight excluding hydrogens is 400 g/mol. The Labute approximate surface area is 183 Å². The minimum Gasteiger partial charge on any atom is -0.387 e. The van der Waals surface area contributed by atoms with Crippen LogP contribution in [0.15, 0.2) is 84.9 Å². The molecular formula is C26H24O2Si2. The van der Waals surface area contributed by atoms with E-state index in [-0.39, 0.29) is 0 Å². The van der Waals surface area contributed by atoms with Crippen LogP contribution in [0.2, 0.25) is 0 Å². The van der Waals surface area contributed by atoms with Crippen LogP contribution in [0, 0.1) is 22.9 Å². The Morgan fingerprint density at radius 1 is 0.567 bits per heavy atom. The Morgan fingerprint density at radius 3 is 1.30 bits per heavy atom. The Kier molecular flexibility index (Phi) is 8.71. The van der Waals surface area contributed by atoms with Crippen LogP contribution in [-0.4, -0.2) is 44.3 Å². The summed E-state index contributed by atoms with van der Waals surface area (Å²) >= 11 is 0. The minimum atomic E-state index is -1.11. The second-order valence-electron chi connectivity index (χ2n) is 6.60. The fourth-order valence-electron chi connectivity index (χ4n) is 2.94. The first-order valence-corrected chi connectivity index (χ1v) is 13.2. The third-order valence-corrected chi connectivity index (χ3v) is 8.51. The van der Waals surface area contributed by atoms with Gasteiger partial charge in [-0.1, -0.05) is 84.6 Å². The molecule has 0 aliphatic heterocycles. The van der Waals surface area contributed by atoms with Crippen molar-refractivity contribution in [1.82, 2.24) is 0 Å². The van der Waals surface area contributed by atoms with Gasteiger partial charge in [-0.05, 0) is 22.5 Å². The summed E-state index contributed by atoms with van der Waals surface area (Å²) in [6.07, 6.45) is 1.31. The first kappa shape index (κ1) is 21.8. The molecule has 2 radical (unpaired) electrons. The van der Waals surface area contributed by atoms with Gasteiger partial charge in [0.15, 0.2) is 0 Å². The van der Waals surface area contributed by atoms with Gasteiger partial charge in [0, 0.05) is 25.3 Å². The quantitative estimate of drug-likeness (QED) is 0.447. The van der Waals surface area contributed by atoms with E-state index < -0.39 is 17.6 Å². The maximum absolute atomic E-state index is 5.44. The van der Waals surface area contributed by atoms with Gasteiger partial charge in [-0.2, -0.15) is 0 Å². The second kappa shape index (κ2) is 12.0. The molecule has 148 valence electrons. The monoisotopic (exact) mass is 424 g/mol. The van der Waals surface area contributed by atoms with E-state index in [1.165, 1.54) is 10.4 Å². The molecule has 0 N–H and O–H groups in total. The summed E-state index contributed by atoms with van der Waals surface area (Å²) < 4.78 is 10.9. The lowest BCUT2D eigenvalue weighted by atomic mass is 10.1. The molecule has 4 heteroatoms. The molecule has 0 aromatic heterocycles. The van der Waals surface area contributed by atoms with Crippen LogP contribution in [0.1, 0.15) is 11.1 Å². The van der Waals surface area contributed by atoms with Gasteiger partial charge in [-0.3, -0.25) is 0 Å². The maximum Gasteiger partial charge on any atom is 0.207 e. The van der Waals surface area contributed by atoms with Crippen LogP contribution in [0.3, 0.4) is 0 Å². The van der Waals surface area contributed by atoms with Crippen LogP contribution >= 0.6 is 0 Å². The van der Waals surface area contributed by atoms with Gasteiger partial charge in [-0.25, -0.2) is 0 Å². The predicted molar refractivity (Wildman–Crippen MR) is 128 cm³/mol. The first-order valence-electron chi connectivity index (χ1n) is 9.75. The lowest BCUT2D eigenvalue weighted by Gasteiger charge is -2.07. The zero-order chi connectivity index (χ0) is 21.0. The molecule has 0 aliphatic rings. The summed E-state index contributed by atoms with van der Waals surface area (Å²) in [6.45, 7) is 0. The molecule has 3 aromatic rings. The van der Waals surface area contributed by atoms with Gasteiger partial charge in [0.1, 0.15) is 0 Å². The van der Waals surface area contributed by atoms with Crippen molar-refractivity contribution in [2.45, 2.75) is 0 Å². The van der Waals surface area contributed by atoms with Crippen molar-refractivity contribution in [1.29, 1.82) is 0 Å². The predicted octanol–water partition coefficient (Wildman–Crippen LogP) is 2.64. The number of methoxy groups -OCH3 is 2. The third kappa shape index (κ3) is 6.32. The molecule has 3 rings (SSSR count). The molecule has 2 nitrogen and oxygen atoms in total. The van der Waals surface area contributed by atoms with Crippen molar-refractivity contribution in [3.63, 3.8) is 0 Å². The van der Waals surface area contributed by atoms with E-state index in [2.05, 4.69) is 71.5 Å². The molecule has 0 atom stereocenters. The van der Waals surface area contributed by atoms with E-state index in [1.807, 2.05) is 36.4 Å². The Morgan fingerprint density at radius 2 is 0.933 bits per heavy atom. The Balaban J connectivity index is 1.89. The SMILES string of the molecule is COC[Si](C#Cc1ccccc1C#C[Si](COC)c1ccccc1)c1ccccc1. The van der Waals surface area contributed by atoms with Crippen LogP contribution in [-0.2, 0) is 9.47 Å². The molecule has 0 amide bonds. The molecule has 0 bridgehead atoms. The molecule has 0 saturated heterocycles. The van der Waals surface area contributed by atoms with Crippen LogP contribution in [0.5, 0.6) is 0 Å². The normalized spacial score (nSPS) is 10.3. The summed E-state index contributed by atoms with van der Waals surface area (Å²) in [7, 11) is 1.24. The van der Waals surface area contributed by atoms with E-state index in [4.69, 9.17) is 9.47 Å². The van der Waals surface area contributed by atoms with E-state index in [9.17, 15) is 0 Å². The standard InChI is InChI=1S/C26H24O2Si2/c1-27-21-29(25-13-5-3-6-14-25)19-17-23-11-9-10-12-24(23)18-20-30(22-28-2)26-15-7-4-8-16-26/h3-16H,21-22H2,1-2H3. The molecule has 3 aromatic carbocycles. The molecule has 0 saturated carbocycles. The molecule has 0 fully saturated rings. The molecule has 0 unspecified atom stereocenters. The maximum atomic E-state index is 5.44.